The number of hydrogen-bond donors (Lipinski definition) is 0. The Morgan fingerprint density at radius 2 is 1.00 bits per heavy atom. The highest BCUT2D eigenvalue weighted by molar-refractivity contribution is 5.97. The molecule has 1 fully saturated rings. The van der Waals surface area contributed by atoms with E-state index in [1.807, 2.05) is 0 Å². The van der Waals surface area contributed by atoms with Crippen LogP contribution < -0.4 is 4.90 Å². The standard InChI is InChI=1S/C56H49N/c1-39(2)48-26-14-15-27-49(48)52-36-42-20-12-13-21-43(42)37-55(52)57(46-32-30-41(31-33-46)40-18-6-3-7-19-40)47-34-35-51-50-28-16-17-29-53(50)56(54(51)38-47,44-22-8-4-9-23-44)45-24-10-5-11-25-45/h3-29,34-39,41,46H,30-33H2,1-2H3. The number of anilines is 2. The molecule has 2 aliphatic rings. The largest absolute Gasteiger partial charge is 0.338 e. The number of rotatable bonds is 8. The molecule has 2 aliphatic carbocycles. The second-order valence-corrected chi connectivity index (χ2v) is 16.5. The zero-order chi connectivity index (χ0) is 38.3. The minimum atomic E-state index is -0.461. The molecule has 0 aromatic heterocycles. The first-order chi connectivity index (χ1) is 28.1. The average molecular weight is 736 g/mol. The maximum atomic E-state index is 2.77. The van der Waals surface area contributed by atoms with E-state index in [2.05, 4.69) is 213 Å². The fourth-order valence-electron chi connectivity index (χ4n) is 10.4. The number of hydrogen-bond acceptors (Lipinski definition) is 1. The minimum Gasteiger partial charge on any atom is -0.338 e. The quantitative estimate of drug-likeness (QED) is 0.150. The fraction of sp³-hybridized carbons (Fsp3) is 0.179. The van der Waals surface area contributed by atoms with Gasteiger partial charge in [0.1, 0.15) is 0 Å². The van der Waals surface area contributed by atoms with Crippen LogP contribution in [-0.4, -0.2) is 6.04 Å². The molecule has 0 amide bonds. The molecule has 1 nitrogen and oxygen atoms in total. The van der Waals surface area contributed by atoms with E-state index in [0.717, 1.165) is 12.8 Å². The van der Waals surface area contributed by atoms with Crippen LogP contribution in [0.5, 0.6) is 0 Å². The van der Waals surface area contributed by atoms with Gasteiger partial charge in [-0.3, -0.25) is 0 Å². The van der Waals surface area contributed by atoms with Gasteiger partial charge in [0, 0.05) is 23.0 Å². The Balaban J connectivity index is 1.23. The third-order valence-corrected chi connectivity index (χ3v) is 13.0. The Morgan fingerprint density at radius 3 is 1.67 bits per heavy atom. The zero-order valence-corrected chi connectivity index (χ0v) is 33.0. The molecular weight excluding hydrogens is 687 g/mol. The molecule has 0 aliphatic heterocycles. The van der Waals surface area contributed by atoms with Crippen molar-refractivity contribution in [3.63, 3.8) is 0 Å². The Kier molecular flexibility index (Phi) is 9.10. The minimum absolute atomic E-state index is 0.334. The molecule has 0 spiro atoms. The topological polar surface area (TPSA) is 3.24 Å². The van der Waals surface area contributed by atoms with Crippen LogP contribution in [0.25, 0.3) is 33.0 Å². The van der Waals surface area contributed by atoms with Crippen LogP contribution >= 0.6 is 0 Å². The van der Waals surface area contributed by atoms with Crippen LogP contribution in [0.2, 0.25) is 0 Å². The zero-order valence-electron chi connectivity index (χ0n) is 33.0. The van der Waals surface area contributed by atoms with Gasteiger partial charge in [-0.2, -0.15) is 0 Å². The van der Waals surface area contributed by atoms with Gasteiger partial charge in [0.25, 0.3) is 0 Å². The van der Waals surface area contributed by atoms with Crippen LogP contribution in [0.4, 0.5) is 11.4 Å². The van der Waals surface area contributed by atoms with E-state index < -0.39 is 5.41 Å². The molecule has 1 heteroatoms. The van der Waals surface area contributed by atoms with Gasteiger partial charge in [0.2, 0.25) is 0 Å². The lowest BCUT2D eigenvalue weighted by Crippen LogP contribution is -2.35. The first-order valence-corrected chi connectivity index (χ1v) is 20.9. The van der Waals surface area contributed by atoms with Gasteiger partial charge in [-0.1, -0.05) is 184 Å². The first-order valence-electron chi connectivity index (χ1n) is 20.9. The van der Waals surface area contributed by atoms with Crippen molar-refractivity contribution >= 4 is 22.1 Å². The van der Waals surface area contributed by atoms with Gasteiger partial charge in [0.15, 0.2) is 0 Å². The molecule has 8 aromatic rings. The maximum Gasteiger partial charge on any atom is 0.0714 e. The second-order valence-electron chi connectivity index (χ2n) is 16.5. The highest BCUT2D eigenvalue weighted by Gasteiger charge is 2.46. The Labute approximate surface area is 338 Å². The molecule has 1 saturated carbocycles. The predicted octanol–water partition coefficient (Wildman–Crippen LogP) is 14.9. The van der Waals surface area contributed by atoms with Gasteiger partial charge in [-0.25, -0.2) is 0 Å². The van der Waals surface area contributed by atoms with E-state index in [9.17, 15) is 0 Å². The summed E-state index contributed by atoms with van der Waals surface area (Å²) in [6.07, 6.45) is 4.59. The van der Waals surface area contributed by atoms with Crippen molar-refractivity contribution in [3.8, 4) is 22.3 Å². The predicted molar refractivity (Wildman–Crippen MR) is 241 cm³/mol. The van der Waals surface area contributed by atoms with E-state index in [0.29, 0.717) is 17.9 Å². The van der Waals surface area contributed by atoms with Crippen molar-refractivity contribution < 1.29 is 0 Å². The summed E-state index contributed by atoms with van der Waals surface area (Å²) in [5.41, 5.74) is 15.5. The molecular formula is C56H49N. The lowest BCUT2D eigenvalue weighted by atomic mass is 9.67. The van der Waals surface area contributed by atoms with Gasteiger partial charge in [-0.15, -0.1) is 0 Å². The summed E-state index contributed by atoms with van der Waals surface area (Å²) in [4.78, 5) is 2.77. The summed E-state index contributed by atoms with van der Waals surface area (Å²) in [5.74, 6) is 0.978. The van der Waals surface area contributed by atoms with Crippen LogP contribution in [0.3, 0.4) is 0 Å². The molecule has 0 bridgehead atoms. The summed E-state index contributed by atoms with van der Waals surface area (Å²) in [5, 5.41) is 2.55. The molecule has 0 radical (unpaired) electrons. The maximum absolute atomic E-state index is 2.77. The second kappa shape index (κ2) is 14.7. The molecule has 278 valence electrons. The fourth-order valence-corrected chi connectivity index (χ4v) is 10.4. The highest BCUT2D eigenvalue weighted by atomic mass is 15.2. The third kappa shape index (κ3) is 6.00. The van der Waals surface area contributed by atoms with Gasteiger partial charge < -0.3 is 4.90 Å². The monoisotopic (exact) mass is 735 g/mol. The van der Waals surface area contributed by atoms with Crippen molar-refractivity contribution in [3.05, 3.63) is 228 Å². The van der Waals surface area contributed by atoms with Crippen LogP contribution in [0, 0.1) is 0 Å². The summed E-state index contributed by atoms with van der Waals surface area (Å²) in [6.45, 7) is 4.65. The van der Waals surface area contributed by atoms with Crippen molar-refractivity contribution in [2.75, 3.05) is 4.90 Å². The Bertz CT molecular complexity index is 2630. The lowest BCUT2D eigenvalue weighted by Gasteiger charge is -2.41. The molecule has 0 atom stereocenters. The van der Waals surface area contributed by atoms with Gasteiger partial charge in [-0.05, 0) is 123 Å². The number of nitrogens with zero attached hydrogens (tertiary/aromatic N) is 1. The highest BCUT2D eigenvalue weighted by Crippen LogP contribution is 2.57. The molecule has 8 aromatic carbocycles. The number of benzene rings is 8. The van der Waals surface area contributed by atoms with E-state index in [-0.39, 0.29) is 0 Å². The van der Waals surface area contributed by atoms with Crippen LogP contribution in [-0.2, 0) is 5.41 Å². The molecule has 57 heavy (non-hydrogen) atoms. The van der Waals surface area contributed by atoms with Gasteiger partial charge in [0.05, 0.1) is 5.41 Å². The Hall–Kier alpha value is -6.18. The SMILES string of the molecule is CC(C)c1ccccc1-c1cc2ccccc2cc1N(c1ccc2c(c1)C(c1ccccc1)(c1ccccc1)c1ccccc1-2)C1CCC(c2ccccc2)CC1. The molecule has 10 rings (SSSR count). The lowest BCUT2D eigenvalue weighted by molar-refractivity contribution is 0.392. The molecule has 0 heterocycles. The summed E-state index contributed by atoms with van der Waals surface area (Å²) in [7, 11) is 0. The third-order valence-electron chi connectivity index (χ3n) is 13.0. The van der Waals surface area contributed by atoms with E-state index in [4.69, 9.17) is 0 Å². The van der Waals surface area contributed by atoms with Crippen molar-refractivity contribution in [2.24, 2.45) is 0 Å². The first kappa shape index (κ1) is 35.2. The molecule has 0 unspecified atom stereocenters. The summed E-state index contributed by atoms with van der Waals surface area (Å²) >= 11 is 0. The van der Waals surface area contributed by atoms with Crippen molar-refractivity contribution in [1.82, 2.24) is 0 Å². The Morgan fingerprint density at radius 1 is 0.456 bits per heavy atom. The van der Waals surface area contributed by atoms with Crippen LogP contribution in [0.15, 0.2) is 194 Å². The summed E-state index contributed by atoms with van der Waals surface area (Å²) in [6, 6.07) is 73.5. The normalized spacial score (nSPS) is 17.0. The van der Waals surface area contributed by atoms with E-state index in [1.165, 1.54) is 90.6 Å². The van der Waals surface area contributed by atoms with Crippen molar-refractivity contribution in [2.45, 2.75) is 62.8 Å². The molecule has 0 saturated heterocycles. The smallest absolute Gasteiger partial charge is 0.0714 e. The van der Waals surface area contributed by atoms with Gasteiger partial charge >= 0.3 is 0 Å². The van der Waals surface area contributed by atoms with E-state index in [1.54, 1.807) is 0 Å². The van der Waals surface area contributed by atoms with Crippen molar-refractivity contribution in [1.29, 1.82) is 0 Å². The average Bonchev–Trinajstić information content (AvgIpc) is 3.58. The number of fused-ring (bicyclic) bond motifs is 4. The molecule has 0 N–H and O–H groups in total. The van der Waals surface area contributed by atoms with E-state index >= 15 is 0 Å². The summed E-state index contributed by atoms with van der Waals surface area (Å²) < 4.78 is 0. The van der Waals surface area contributed by atoms with Crippen LogP contribution in [0.1, 0.15) is 84.7 Å².